The maximum Gasteiger partial charge on any atom is 0.332 e. The summed E-state index contributed by atoms with van der Waals surface area (Å²) in [6, 6.07) is -2.02. The van der Waals surface area contributed by atoms with E-state index in [2.05, 4.69) is 10.6 Å². The van der Waals surface area contributed by atoms with Crippen LogP contribution >= 0.6 is 12.4 Å². The fourth-order valence-electron chi connectivity index (χ4n) is 3.47. The van der Waals surface area contributed by atoms with Crippen molar-refractivity contribution in [3.8, 4) is 0 Å². The fourth-order valence-corrected chi connectivity index (χ4v) is 3.47. The zero-order valence-electron chi connectivity index (χ0n) is 13.6. The van der Waals surface area contributed by atoms with E-state index in [1.807, 2.05) is 0 Å². The Balaban J connectivity index is 0.00000312. The number of halogens is 2. The number of carboxylic acid groups (broad SMARTS) is 2. The number of amides is 2. The van der Waals surface area contributed by atoms with E-state index in [1.165, 1.54) is 13.8 Å². The summed E-state index contributed by atoms with van der Waals surface area (Å²) in [5.41, 5.74) is 3.07. The number of nitrogens with one attached hydrogen (secondary N) is 2. The second kappa shape index (κ2) is 7.12. The molecule has 25 heavy (non-hydrogen) atoms. The summed E-state index contributed by atoms with van der Waals surface area (Å²) >= 11 is 0. The molecule has 0 aromatic rings. The average molecular weight is 382 g/mol. The molecule has 11 heteroatoms. The molecule has 2 aliphatic rings. The Hall–Kier alpha value is -1.94. The number of hydrogen-bond acceptors (Lipinski definition) is 5. The maximum absolute atomic E-state index is 14.3. The molecule has 0 aromatic carbocycles. The number of nitrogens with two attached hydrogens (primary N) is 1. The molecule has 0 radical (unpaired) electrons. The van der Waals surface area contributed by atoms with Gasteiger partial charge in [-0.1, -0.05) is 0 Å². The lowest BCUT2D eigenvalue weighted by Gasteiger charge is -2.32. The molecule has 0 saturated heterocycles. The van der Waals surface area contributed by atoms with E-state index in [-0.39, 0.29) is 18.8 Å². The Bertz CT molecular complexity index is 603. The third-order valence-electron chi connectivity index (χ3n) is 4.80. The van der Waals surface area contributed by atoms with Crippen molar-refractivity contribution in [1.82, 2.24) is 10.6 Å². The van der Waals surface area contributed by atoms with Crippen molar-refractivity contribution in [1.29, 1.82) is 0 Å². The van der Waals surface area contributed by atoms with Crippen LogP contribution in [0.3, 0.4) is 0 Å². The van der Waals surface area contributed by atoms with Crippen LogP contribution in [0.1, 0.15) is 20.3 Å². The van der Waals surface area contributed by atoms with Crippen LogP contribution in [0, 0.1) is 17.8 Å². The smallest absolute Gasteiger partial charge is 0.332 e. The van der Waals surface area contributed by atoms with Gasteiger partial charge < -0.3 is 26.6 Å². The SMILES string of the molecule is C[C@H](N)C(=O)N[C@@H](C)C(=O)N[C@]1(C(=O)O)[C@H]2[C@@H](C[C@@H]1F)[C@@H]2C(=O)O.Cl. The molecule has 0 bridgehead atoms. The molecule has 2 aliphatic carbocycles. The molecule has 0 aliphatic heterocycles. The van der Waals surface area contributed by atoms with Gasteiger partial charge in [0.05, 0.1) is 12.0 Å². The zero-order valence-corrected chi connectivity index (χ0v) is 14.4. The highest BCUT2D eigenvalue weighted by atomic mass is 35.5. The molecule has 0 spiro atoms. The zero-order chi connectivity index (χ0) is 18.4. The van der Waals surface area contributed by atoms with Crippen LogP contribution < -0.4 is 16.4 Å². The molecule has 0 unspecified atom stereocenters. The summed E-state index contributed by atoms with van der Waals surface area (Å²) in [7, 11) is 0. The van der Waals surface area contributed by atoms with Crippen molar-refractivity contribution in [3.63, 3.8) is 0 Å². The minimum absolute atomic E-state index is 0. The standard InChI is InChI=1S/C14H20FN3O6.ClH/c1-4(16)10(19)17-5(2)11(20)18-14(13(23)24)7(15)3-6-8(9(6)14)12(21)22;/h4-9H,3,16H2,1-2H3,(H,17,19)(H,18,20)(H,21,22)(H,23,24);1H/t4-,5-,6-,7-,8-,9-,14-;/m0./s1. The van der Waals surface area contributed by atoms with Gasteiger partial charge in [-0.3, -0.25) is 14.4 Å². The third-order valence-corrected chi connectivity index (χ3v) is 4.80. The maximum atomic E-state index is 14.3. The summed E-state index contributed by atoms with van der Waals surface area (Å²) in [5, 5.41) is 23.0. The highest BCUT2D eigenvalue weighted by Gasteiger charge is 2.76. The molecule has 2 saturated carbocycles. The van der Waals surface area contributed by atoms with Gasteiger partial charge in [-0.25, -0.2) is 9.18 Å². The predicted molar refractivity (Wildman–Crippen MR) is 84.6 cm³/mol. The van der Waals surface area contributed by atoms with Crippen LogP contribution in [-0.4, -0.2) is 57.8 Å². The van der Waals surface area contributed by atoms with Crippen LogP contribution in [0.5, 0.6) is 0 Å². The molecule has 0 heterocycles. The second-order valence-corrected chi connectivity index (χ2v) is 6.44. The molecule has 7 atom stereocenters. The van der Waals surface area contributed by atoms with Gasteiger partial charge in [0, 0.05) is 5.92 Å². The molecule has 2 rings (SSSR count). The van der Waals surface area contributed by atoms with Crippen LogP contribution in [-0.2, 0) is 19.2 Å². The Morgan fingerprint density at radius 1 is 1.20 bits per heavy atom. The van der Waals surface area contributed by atoms with Gasteiger partial charge in [0.15, 0.2) is 5.54 Å². The van der Waals surface area contributed by atoms with Gasteiger partial charge in [0.25, 0.3) is 0 Å². The quantitative estimate of drug-likeness (QED) is 0.390. The van der Waals surface area contributed by atoms with Gasteiger partial charge in [-0.15, -0.1) is 12.4 Å². The van der Waals surface area contributed by atoms with Crippen molar-refractivity contribution in [2.45, 2.75) is 44.1 Å². The summed E-state index contributed by atoms with van der Waals surface area (Å²) in [6.45, 7) is 2.70. The highest BCUT2D eigenvalue weighted by molar-refractivity contribution is 5.95. The highest BCUT2D eigenvalue weighted by Crippen LogP contribution is 2.63. The van der Waals surface area contributed by atoms with Crippen LogP contribution in [0.4, 0.5) is 4.39 Å². The van der Waals surface area contributed by atoms with Crippen molar-refractivity contribution in [2.75, 3.05) is 0 Å². The molecular formula is C14H21ClFN3O6. The van der Waals surface area contributed by atoms with E-state index in [4.69, 9.17) is 10.8 Å². The normalized spacial score (nSPS) is 34.7. The van der Waals surface area contributed by atoms with E-state index >= 15 is 0 Å². The Morgan fingerprint density at radius 2 is 1.76 bits per heavy atom. The van der Waals surface area contributed by atoms with E-state index in [9.17, 15) is 28.7 Å². The molecular weight excluding hydrogens is 361 g/mol. The third kappa shape index (κ3) is 3.40. The average Bonchev–Trinajstić information content (AvgIpc) is 3.10. The number of rotatable bonds is 6. The molecule has 142 valence electrons. The van der Waals surface area contributed by atoms with E-state index in [0.29, 0.717) is 0 Å². The van der Waals surface area contributed by atoms with Gasteiger partial charge in [-0.05, 0) is 26.2 Å². The second-order valence-electron chi connectivity index (χ2n) is 6.44. The first-order chi connectivity index (χ1) is 11.0. The minimum Gasteiger partial charge on any atom is -0.481 e. The van der Waals surface area contributed by atoms with Gasteiger partial charge >= 0.3 is 11.9 Å². The minimum atomic E-state index is -2.29. The van der Waals surface area contributed by atoms with Crippen molar-refractivity contribution < 1.29 is 33.8 Å². The first-order valence-corrected chi connectivity index (χ1v) is 7.52. The number of carbonyl (C=O) groups excluding carboxylic acids is 2. The van der Waals surface area contributed by atoms with E-state index in [0.717, 1.165) is 0 Å². The van der Waals surface area contributed by atoms with Gasteiger partial charge in [0.1, 0.15) is 12.2 Å². The van der Waals surface area contributed by atoms with Gasteiger partial charge in [0.2, 0.25) is 11.8 Å². The predicted octanol–water partition coefficient (Wildman–Crippen LogP) is -1.11. The molecule has 0 aromatic heterocycles. The lowest BCUT2D eigenvalue weighted by Crippen LogP contribution is -2.64. The Morgan fingerprint density at radius 3 is 2.20 bits per heavy atom. The topological polar surface area (TPSA) is 159 Å². The summed E-state index contributed by atoms with van der Waals surface area (Å²) in [5.74, 6) is -7.00. The lowest BCUT2D eigenvalue weighted by molar-refractivity contribution is -0.153. The van der Waals surface area contributed by atoms with E-state index < -0.39 is 65.3 Å². The monoisotopic (exact) mass is 381 g/mol. The number of carbonyl (C=O) groups is 4. The van der Waals surface area contributed by atoms with Crippen LogP contribution in [0.25, 0.3) is 0 Å². The first kappa shape index (κ1) is 21.1. The lowest BCUT2D eigenvalue weighted by atomic mass is 9.88. The van der Waals surface area contributed by atoms with Crippen molar-refractivity contribution in [3.05, 3.63) is 0 Å². The van der Waals surface area contributed by atoms with Crippen molar-refractivity contribution in [2.24, 2.45) is 23.5 Å². The molecule has 2 fully saturated rings. The Kier molecular flexibility index (Phi) is 6.01. The summed E-state index contributed by atoms with van der Waals surface area (Å²) in [6.07, 6.45) is -2.14. The largest absolute Gasteiger partial charge is 0.481 e. The van der Waals surface area contributed by atoms with E-state index in [1.54, 1.807) is 0 Å². The number of hydrogen-bond donors (Lipinski definition) is 5. The number of aliphatic carboxylic acids is 2. The molecule has 6 N–H and O–H groups in total. The summed E-state index contributed by atoms with van der Waals surface area (Å²) in [4.78, 5) is 46.5. The van der Waals surface area contributed by atoms with Crippen LogP contribution in [0.2, 0.25) is 0 Å². The van der Waals surface area contributed by atoms with Crippen molar-refractivity contribution >= 4 is 36.2 Å². The fraction of sp³-hybridized carbons (Fsp3) is 0.714. The Labute approximate surface area is 148 Å². The number of carboxylic acids is 2. The van der Waals surface area contributed by atoms with Gasteiger partial charge in [-0.2, -0.15) is 0 Å². The number of alkyl halides is 1. The summed E-state index contributed by atoms with van der Waals surface area (Å²) < 4.78 is 14.3. The number of fused-ring (bicyclic) bond motifs is 1. The molecule has 2 amide bonds. The first-order valence-electron chi connectivity index (χ1n) is 7.52. The van der Waals surface area contributed by atoms with Crippen LogP contribution in [0.15, 0.2) is 0 Å². The molecule has 9 nitrogen and oxygen atoms in total.